The smallest absolute Gasteiger partial charge is 0.339 e. The zero-order valence-electron chi connectivity index (χ0n) is 10.9. The molecule has 1 aliphatic rings. The van der Waals surface area contributed by atoms with Crippen LogP contribution in [0, 0.1) is 5.41 Å². The molecule has 1 heterocycles. The van der Waals surface area contributed by atoms with E-state index in [4.69, 9.17) is 14.3 Å². The van der Waals surface area contributed by atoms with Gasteiger partial charge in [0.2, 0.25) is 0 Å². The first-order valence-corrected chi connectivity index (χ1v) is 6.39. The largest absolute Gasteiger partial charge is 0.478 e. The Morgan fingerprint density at radius 1 is 1.50 bits per heavy atom. The van der Waals surface area contributed by atoms with Crippen LogP contribution in [0.1, 0.15) is 55.6 Å². The Kier molecular flexibility index (Phi) is 3.76. The van der Waals surface area contributed by atoms with Crippen molar-refractivity contribution in [1.82, 2.24) is 0 Å². The molecule has 1 fully saturated rings. The fraction of sp³-hybridized carbons (Fsp3) is 0.643. The van der Waals surface area contributed by atoms with Crippen LogP contribution in [0.15, 0.2) is 16.7 Å². The van der Waals surface area contributed by atoms with Crippen molar-refractivity contribution in [3.05, 3.63) is 23.7 Å². The van der Waals surface area contributed by atoms with Gasteiger partial charge in [-0.05, 0) is 37.2 Å². The third-order valence-corrected chi connectivity index (χ3v) is 3.71. The molecule has 4 nitrogen and oxygen atoms in total. The highest BCUT2D eigenvalue weighted by Crippen LogP contribution is 2.36. The topological polar surface area (TPSA) is 59.7 Å². The number of ether oxygens (including phenoxy) is 1. The number of carboxylic acids is 1. The lowest BCUT2D eigenvalue weighted by atomic mass is 9.76. The second-order valence-corrected chi connectivity index (χ2v) is 5.74. The molecule has 1 aromatic heterocycles. The zero-order valence-corrected chi connectivity index (χ0v) is 10.9. The van der Waals surface area contributed by atoms with Gasteiger partial charge in [0.1, 0.15) is 17.9 Å². The summed E-state index contributed by atoms with van der Waals surface area (Å²) in [6, 6.07) is 1.46. The summed E-state index contributed by atoms with van der Waals surface area (Å²) in [6.45, 7) is 4.80. The molecule has 0 bridgehead atoms. The van der Waals surface area contributed by atoms with Gasteiger partial charge < -0.3 is 14.3 Å². The molecule has 0 aliphatic heterocycles. The summed E-state index contributed by atoms with van der Waals surface area (Å²) in [4.78, 5) is 10.9. The Morgan fingerprint density at radius 3 is 2.78 bits per heavy atom. The number of aromatic carboxylic acids is 1. The number of rotatable bonds is 4. The van der Waals surface area contributed by atoms with E-state index in [-0.39, 0.29) is 18.3 Å². The molecule has 1 saturated carbocycles. The number of hydrogen-bond acceptors (Lipinski definition) is 3. The number of carbonyl (C=O) groups is 1. The van der Waals surface area contributed by atoms with Crippen molar-refractivity contribution in [2.24, 2.45) is 5.41 Å². The summed E-state index contributed by atoms with van der Waals surface area (Å²) in [7, 11) is 0. The van der Waals surface area contributed by atoms with E-state index >= 15 is 0 Å². The van der Waals surface area contributed by atoms with Gasteiger partial charge in [0.05, 0.1) is 12.4 Å². The highest BCUT2D eigenvalue weighted by molar-refractivity contribution is 5.88. The van der Waals surface area contributed by atoms with E-state index in [0.29, 0.717) is 11.2 Å². The predicted octanol–water partition coefficient (Wildman–Crippen LogP) is 3.46. The van der Waals surface area contributed by atoms with Crippen LogP contribution in [0.25, 0.3) is 0 Å². The highest BCUT2D eigenvalue weighted by Gasteiger charge is 2.27. The van der Waals surface area contributed by atoms with Crippen molar-refractivity contribution in [2.75, 3.05) is 0 Å². The molecular weight excluding hydrogens is 232 g/mol. The lowest BCUT2D eigenvalue weighted by molar-refractivity contribution is -0.0125. The number of hydrogen-bond donors (Lipinski definition) is 1. The molecule has 0 aromatic carbocycles. The molecule has 18 heavy (non-hydrogen) atoms. The van der Waals surface area contributed by atoms with Crippen LogP contribution in [0.5, 0.6) is 0 Å². The molecule has 2 rings (SSSR count). The highest BCUT2D eigenvalue weighted by atomic mass is 16.5. The summed E-state index contributed by atoms with van der Waals surface area (Å²) in [5, 5.41) is 8.94. The van der Waals surface area contributed by atoms with Crippen molar-refractivity contribution < 1.29 is 19.1 Å². The Balaban J connectivity index is 1.85. The third-order valence-electron chi connectivity index (χ3n) is 3.71. The van der Waals surface area contributed by atoms with Gasteiger partial charge in [0, 0.05) is 0 Å². The van der Waals surface area contributed by atoms with Crippen LogP contribution in [-0.4, -0.2) is 17.2 Å². The second kappa shape index (κ2) is 5.14. The van der Waals surface area contributed by atoms with Gasteiger partial charge in [-0.2, -0.15) is 0 Å². The average Bonchev–Trinajstić information content (AvgIpc) is 2.76. The summed E-state index contributed by atoms with van der Waals surface area (Å²) in [6.07, 6.45) is 6.01. The number of furan rings is 1. The molecule has 1 aliphatic carbocycles. The third kappa shape index (κ3) is 3.13. The fourth-order valence-corrected chi connectivity index (χ4v) is 2.38. The van der Waals surface area contributed by atoms with Crippen molar-refractivity contribution in [2.45, 2.75) is 52.2 Å². The standard InChI is InChI=1S/C14H20O4/c1-14(2)6-3-10(4-7-14)18-9-12-11(13(15)16)5-8-17-12/h5,8,10H,3-4,6-7,9H2,1-2H3,(H,15,16). The van der Waals surface area contributed by atoms with E-state index in [1.165, 1.54) is 12.3 Å². The Labute approximate surface area is 107 Å². The minimum Gasteiger partial charge on any atom is -0.478 e. The Morgan fingerprint density at radius 2 is 2.17 bits per heavy atom. The van der Waals surface area contributed by atoms with Crippen molar-refractivity contribution >= 4 is 5.97 Å². The van der Waals surface area contributed by atoms with Crippen molar-refractivity contribution in [3.8, 4) is 0 Å². The van der Waals surface area contributed by atoms with E-state index in [0.717, 1.165) is 25.7 Å². The minimum atomic E-state index is -0.966. The van der Waals surface area contributed by atoms with Crippen molar-refractivity contribution in [1.29, 1.82) is 0 Å². The molecular formula is C14H20O4. The minimum absolute atomic E-state index is 0.200. The molecule has 0 unspecified atom stereocenters. The van der Waals surface area contributed by atoms with E-state index in [9.17, 15) is 4.79 Å². The van der Waals surface area contributed by atoms with E-state index in [1.54, 1.807) is 0 Å². The molecule has 0 radical (unpaired) electrons. The maximum Gasteiger partial charge on any atom is 0.339 e. The molecule has 0 atom stereocenters. The van der Waals surface area contributed by atoms with Gasteiger partial charge >= 0.3 is 5.97 Å². The normalized spacial score (nSPS) is 19.9. The lowest BCUT2D eigenvalue weighted by Gasteiger charge is -2.34. The van der Waals surface area contributed by atoms with Gasteiger partial charge in [-0.1, -0.05) is 13.8 Å². The molecule has 100 valence electrons. The molecule has 4 heteroatoms. The first-order valence-electron chi connectivity index (χ1n) is 6.39. The Bertz CT molecular complexity index is 409. The first kappa shape index (κ1) is 13.1. The fourth-order valence-electron chi connectivity index (χ4n) is 2.38. The molecule has 0 saturated heterocycles. The van der Waals surface area contributed by atoms with E-state index in [1.807, 2.05) is 0 Å². The van der Waals surface area contributed by atoms with Gasteiger partial charge in [-0.3, -0.25) is 0 Å². The summed E-state index contributed by atoms with van der Waals surface area (Å²) >= 11 is 0. The summed E-state index contributed by atoms with van der Waals surface area (Å²) < 4.78 is 10.9. The first-order chi connectivity index (χ1) is 8.48. The zero-order chi connectivity index (χ0) is 13.2. The van der Waals surface area contributed by atoms with Crippen LogP contribution in [0.2, 0.25) is 0 Å². The molecule has 1 aromatic rings. The summed E-state index contributed by atoms with van der Waals surface area (Å²) in [5.74, 6) is -0.556. The quantitative estimate of drug-likeness (QED) is 0.891. The van der Waals surface area contributed by atoms with Crippen molar-refractivity contribution in [3.63, 3.8) is 0 Å². The van der Waals surface area contributed by atoms with E-state index < -0.39 is 5.97 Å². The van der Waals surface area contributed by atoms with Crippen LogP contribution in [0.3, 0.4) is 0 Å². The van der Waals surface area contributed by atoms with Gasteiger partial charge in [0.25, 0.3) is 0 Å². The van der Waals surface area contributed by atoms with Crippen LogP contribution < -0.4 is 0 Å². The van der Waals surface area contributed by atoms with Crippen LogP contribution in [-0.2, 0) is 11.3 Å². The van der Waals surface area contributed by atoms with Gasteiger partial charge in [0.15, 0.2) is 0 Å². The molecule has 0 amide bonds. The lowest BCUT2D eigenvalue weighted by Crippen LogP contribution is -2.26. The van der Waals surface area contributed by atoms with Gasteiger partial charge in [-0.25, -0.2) is 4.79 Å². The molecule has 0 spiro atoms. The van der Waals surface area contributed by atoms with E-state index in [2.05, 4.69) is 13.8 Å². The summed E-state index contributed by atoms with van der Waals surface area (Å²) in [5.41, 5.74) is 0.614. The number of carboxylic acid groups (broad SMARTS) is 1. The van der Waals surface area contributed by atoms with Crippen LogP contribution in [0.4, 0.5) is 0 Å². The average molecular weight is 252 g/mol. The SMILES string of the molecule is CC1(C)CCC(OCc2occc2C(=O)O)CC1. The van der Waals surface area contributed by atoms with Gasteiger partial charge in [-0.15, -0.1) is 0 Å². The maximum atomic E-state index is 10.9. The maximum absolute atomic E-state index is 10.9. The monoisotopic (exact) mass is 252 g/mol. The second-order valence-electron chi connectivity index (χ2n) is 5.74. The van der Waals surface area contributed by atoms with Crippen LogP contribution >= 0.6 is 0 Å². The Hall–Kier alpha value is -1.29. The predicted molar refractivity (Wildman–Crippen MR) is 66.5 cm³/mol. The molecule has 1 N–H and O–H groups in total.